The van der Waals surface area contributed by atoms with E-state index >= 15 is 0 Å². The van der Waals surface area contributed by atoms with Crippen LogP contribution in [0.3, 0.4) is 0 Å². The standard InChI is InChI=1S/C29H27N3OS/c30-32-31-28(22-33-21-24-13-5-1-6-14-24)23-34-29(25-15-7-2-8-16-25,26-17-9-3-10-18-26)27-19-11-4-12-20-27/h1-20,28H,21-23H2. The van der Waals surface area contributed by atoms with Gasteiger partial charge < -0.3 is 4.74 Å². The molecule has 4 aromatic carbocycles. The summed E-state index contributed by atoms with van der Waals surface area (Å²) in [6, 6.07) is 41.3. The number of thioether (sulfide) groups is 1. The molecular weight excluding hydrogens is 438 g/mol. The van der Waals surface area contributed by atoms with Gasteiger partial charge in [-0.05, 0) is 27.8 Å². The van der Waals surface area contributed by atoms with Gasteiger partial charge in [0.25, 0.3) is 0 Å². The molecular formula is C29H27N3OS. The van der Waals surface area contributed by atoms with Crippen molar-refractivity contribution >= 4 is 11.8 Å². The third-order valence-corrected chi connectivity index (χ3v) is 7.36. The molecule has 34 heavy (non-hydrogen) atoms. The van der Waals surface area contributed by atoms with Crippen molar-refractivity contribution in [2.75, 3.05) is 12.4 Å². The third kappa shape index (κ3) is 5.70. The van der Waals surface area contributed by atoms with E-state index in [9.17, 15) is 5.53 Å². The number of hydrogen-bond acceptors (Lipinski definition) is 3. The van der Waals surface area contributed by atoms with Crippen molar-refractivity contribution in [3.63, 3.8) is 0 Å². The average Bonchev–Trinajstić information content (AvgIpc) is 2.91. The zero-order valence-electron chi connectivity index (χ0n) is 18.9. The first-order valence-corrected chi connectivity index (χ1v) is 12.3. The van der Waals surface area contributed by atoms with Gasteiger partial charge >= 0.3 is 0 Å². The summed E-state index contributed by atoms with van der Waals surface area (Å²) in [6.07, 6.45) is 0. The Balaban J connectivity index is 1.64. The molecule has 1 atom stereocenters. The molecule has 170 valence electrons. The zero-order valence-corrected chi connectivity index (χ0v) is 19.7. The Kier molecular flexibility index (Phi) is 8.42. The lowest BCUT2D eigenvalue weighted by molar-refractivity contribution is 0.112. The highest BCUT2D eigenvalue weighted by Crippen LogP contribution is 2.48. The van der Waals surface area contributed by atoms with Crippen LogP contribution in [0.2, 0.25) is 0 Å². The lowest BCUT2D eigenvalue weighted by Crippen LogP contribution is -2.28. The SMILES string of the molecule is [N-]=[N+]=NC(COCc1ccccc1)CSC(c1ccccc1)(c1ccccc1)c1ccccc1. The van der Waals surface area contributed by atoms with Gasteiger partial charge in [0.2, 0.25) is 0 Å². The molecule has 0 amide bonds. The van der Waals surface area contributed by atoms with Crippen molar-refractivity contribution in [2.24, 2.45) is 5.11 Å². The van der Waals surface area contributed by atoms with Gasteiger partial charge in [0.05, 0.1) is 24.0 Å². The van der Waals surface area contributed by atoms with Crippen LogP contribution < -0.4 is 0 Å². The van der Waals surface area contributed by atoms with Crippen LogP contribution in [0.25, 0.3) is 10.4 Å². The van der Waals surface area contributed by atoms with Crippen LogP contribution in [-0.4, -0.2) is 18.4 Å². The van der Waals surface area contributed by atoms with Gasteiger partial charge in [-0.2, -0.15) is 0 Å². The number of azide groups is 1. The maximum absolute atomic E-state index is 9.23. The van der Waals surface area contributed by atoms with E-state index in [1.807, 2.05) is 48.5 Å². The minimum absolute atomic E-state index is 0.297. The van der Waals surface area contributed by atoms with E-state index < -0.39 is 4.75 Å². The summed E-state index contributed by atoms with van der Waals surface area (Å²) in [5, 5.41) is 4.07. The summed E-state index contributed by atoms with van der Waals surface area (Å²) in [6.45, 7) is 0.852. The van der Waals surface area contributed by atoms with Crippen LogP contribution >= 0.6 is 11.8 Å². The third-order valence-electron chi connectivity index (χ3n) is 5.67. The first-order chi connectivity index (χ1) is 16.8. The average molecular weight is 466 g/mol. The predicted octanol–water partition coefficient (Wildman–Crippen LogP) is 7.61. The summed E-state index contributed by atoms with van der Waals surface area (Å²) in [7, 11) is 0. The minimum Gasteiger partial charge on any atom is -0.376 e. The number of hydrogen-bond donors (Lipinski definition) is 0. The molecule has 0 spiro atoms. The van der Waals surface area contributed by atoms with Gasteiger partial charge in [0.1, 0.15) is 0 Å². The summed E-state index contributed by atoms with van der Waals surface area (Å²) < 4.78 is 5.49. The molecule has 4 rings (SSSR count). The van der Waals surface area contributed by atoms with E-state index in [1.165, 1.54) is 16.7 Å². The van der Waals surface area contributed by atoms with Crippen LogP contribution in [-0.2, 0) is 16.1 Å². The lowest BCUT2D eigenvalue weighted by Gasteiger charge is -2.36. The summed E-state index contributed by atoms with van der Waals surface area (Å²) in [5.74, 6) is 0.609. The van der Waals surface area contributed by atoms with Crippen LogP contribution in [0.4, 0.5) is 0 Å². The largest absolute Gasteiger partial charge is 0.376 e. The molecule has 0 saturated heterocycles. The molecule has 4 nitrogen and oxygen atoms in total. The van der Waals surface area contributed by atoms with E-state index in [4.69, 9.17) is 4.74 Å². The van der Waals surface area contributed by atoms with E-state index in [0.29, 0.717) is 19.0 Å². The van der Waals surface area contributed by atoms with Crippen LogP contribution in [0.5, 0.6) is 0 Å². The van der Waals surface area contributed by atoms with Crippen LogP contribution in [0, 0.1) is 0 Å². The molecule has 0 radical (unpaired) electrons. The molecule has 0 N–H and O–H groups in total. The number of benzene rings is 4. The van der Waals surface area contributed by atoms with E-state index in [-0.39, 0.29) is 6.04 Å². The first kappa shape index (κ1) is 23.7. The Hall–Kier alpha value is -3.50. The van der Waals surface area contributed by atoms with E-state index in [2.05, 4.69) is 82.8 Å². The van der Waals surface area contributed by atoms with Gasteiger partial charge in [-0.1, -0.05) is 126 Å². The van der Waals surface area contributed by atoms with Gasteiger partial charge in [0.15, 0.2) is 0 Å². The van der Waals surface area contributed by atoms with E-state index in [1.54, 1.807) is 11.8 Å². The molecule has 0 heterocycles. The number of rotatable bonds is 11. The number of ether oxygens (including phenoxy) is 1. The molecule has 0 saturated carbocycles. The van der Waals surface area contributed by atoms with Gasteiger partial charge in [-0.15, -0.1) is 11.8 Å². The maximum Gasteiger partial charge on any atom is 0.0907 e. The van der Waals surface area contributed by atoms with Crippen LogP contribution in [0.1, 0.15) is 22.3 Å². The Morgan fingerprint density at radius 2 is 1.15 bits per heavy atom. The fourth-order valence-corrected chi connectivity index (χ4v) is 5.58. The van der Waals surface area contributed by atoms with Crippen molar-refractivity contribution in [1.82, 2.24) is 0 Å². The van der Waals surface area contributed by atoms with Crippen molar-refractivity contribution in [3.05, 3.63) is 154 Å². The van der Waals surface area contributed by atoms with Gasteiger partial charge in [-0.25, -0.2) is 0 Å². The predicted molar refractivity (Wildman–Crippen MR) is 141 cm³/mol. The lowest BCUT2D eigenvalue weighted by atomic mass is 9.84. The Morgan fingerprint density at radius 3 is 1.59 bits per heavy atom. The van der Waals surface area contributed by atoms with Crippen molar-refractivity contribution < 1.29 is 4.74 Å². The topological polar surface area (TPSA) is 58.0 Å². The fraction of sp³-hybridized carbons (Fsp3) is 0.172. The minimum atomic E-state index is -0.452. The second-order valence-electron chi connectivity index (χ2n) is 7.95. The molecule has 0 aliphatic carbocycles. The second kappa shape index (κ2) is 12.1. The highest BCUT2D eigenvalue weighted by molar-refractivity contribution is 8.00. The Morgan fingerprint density at radius 1 is 0.706 bits per heavy atom. The molecule has 1 unspecified atom stereocenters. The normalized spacial score (nSPS) is 12.0. The smallest absolute Gasteiger partial charge is 0.0907 e. The van der Waals surface area contributed by atoms with Crippen molar-refractivity contribution in [1.29, 1.82) is 0 Å². The maximum atomic E-state index is 9.23. The molecule has 5 heteroatoms. The van der Waals surface area contributed by atoms with Crippen molar-refractivity contribution in [2.45, 2.75) is 17.4 Å². The Labute approximate surface area is 205 Å². The summed E-state index contributed by atoms with van der Waals surface area (Å²) in [4.78, 5) is 3.11. The van der Waals surface area contributed by atoms with Crippen LogP contribution in [0.15, 0.2) is 126 Å². The summed E-state index contributed by atoms with van der Waals surface area (Å²) in [5.41, 5.74) is 13.9. The van der Waals surface area contributed by atoms with Crippen molar-refractivity contribution in [3.8, 4) is 0 Å². The monoisotopic (exact) mass is 465 g/mol. The van der Waals surface area contributed by atoms with E-state index in [0.717, 1.165) is 5.56 Å². The molecule has 0 bridgehead atoms. The highest BCUT2D eigenvalue weighted by atomic mass is 32.2. The first-order valence-electron chi connectivity index (χ1n) is 11.3. The summed E-state index contributed by atoms with van der Waals surface area (Å²) >= 11 is 1.78. The molecule has 0 aromatic heterocycles. The Bertz CT molecular complexity index is 1080. The molecule has 4 aromatic rings. The molecule has 0 fully saturated rings. The number of nitrogens with zero attached hydrogens (tertiary/aromatic N) is 3. The zero-order chi connectivity index (χ0) is 23.5. The highest BCUT2D eigenvalue weighted by Gasteiger charge is 2.37. The quantitative estimate of drug-likeness (QED) is 0.0990. The fourth-order valence-electron chi connectivity index (χ4n) is 4.06. The van der Waals surface area contributed by atoms with Gasteiger partial charge in [0, 0.05) is 10.7 Å². The molecule has 0 aliphatic heterocycles. The second-order valence-corrected chi connectivity index (χ2v) is 9.18. The molecule has 0 aliphatic rings. The van der Waals surface area contributed by atoms with Gasteiger partial charge in [-0.3, -0.25) is 0 Å².